The van der Waals surface area contributed by atoms with Crippen LogP contribution in [-0.4, -0.2) is 9.97 Å². The van der Waals surface area contributed by atoms with E-state index in [-0.39, 0.29) is 11.2 Å². The zero-order valence-corrected chi connectivity index (χ0v) is 22.0. The van der Waals surface area contributed by atoms with Crippen molar-refractivity contribution in [3.05, 3.63) is 115 Å². The molecule has 0 bridgehead atoms. The highest BCUT2D eigenvalue weighted by atomic mass is 19.1. The molecule has 39 heavy (non-hydrogen) atoms. The molecule has 0 saturated carbocycles. The van der Waals surface area contributed by atoms with Crippen LogP contribution in [0.2, 0.25) is 0 Å². The second-order valence-electron chi connectivity index (χ2n) is 11.1. The molecule has 7 aromatic rings. The van der Waals surface area contributed by atoms with Gasteiger partial charge in [0.05, 0.1) is 16.6 Å². The minimum atomic E-state index is -0.312. The first-order chi connectivity index (χ1) is 18.9. The predicted molar refractivity (Wildman–Crippen MR) is 158 cm³/mol. The summed E-state index contributed by atoms with van der Waals surface area (Å²) in [4.78, 5) is 8.43. The lowest BCUT2D eigenvalue weighted by Gasteiger charge is -2.22. The molecule has 190 valence electrons. The quantitative estimate of drug-likeness (QED) is 0.257. The molecule has 0 aliphatic carbocycles. The number of hydrogen-bond acceptors (Lipinski definition) is 2. The monoisotopic (exact) mass is 510 g/mol. The summed E-state index contributed by atoms with van der Waals surface area (Å²) in [6, 6.07) is 33.9. The summed E-state index contributed by atoms with van der Waals surface area (Å²) < 4.78 is 21.4. The topological polar surface area (TPSA) is 41.8 Å². The highest BCUT2D eigenvalue weighted by Gasteiger charge is 2.21. The molecule has 4 heteroatoms. The standard InChI is InChI=1S/C35H27FN2O/c1-35(2,3)22-16-17-24(28(18-22)21-10-5-4-6-11-21)29-19-23(36)20-30-32(29)38-34(37-30)27-14-9-13-26-25-12-7-8-15-31(25)39-33(26)27/h4-20H,1-3H3,(H,37,38). The molecule has 2 aromatic heterocycles. The second-order valence-corrected chi connectivity index (χ2v) is 11.1. The van der Waals surface area contributed by atoms with Gasteiger partial charge in [0.25, 0.3) is 0 Å². The van der Waals surface area contributed by atoms with Crippen molar-refractivity contribution in [3.63, 3.8) is 0 Å². The fourth-order valence-electron chi connectivity index (χ4n) is 5.45. The Labute approximate surface area is 225 Å². The summed E-state index contributed by atoms with van der Waals surface area (Å²) in [5, 5.41) is 2.09. The lowest BCUT2D eigenvalue weighted by molar-refractivity contribution is 0.590. The van der Waals surface area contributed by atoms with Gasteiger partial charge in [-0.2, -0.15) is 0 Å². The van der Waals surface area contributed by atoms with Gasteiger partial charge in [-0.1, -0.05) is 99.6 Å². The molecule has 0 unspecified atom stereocenters. The van der Waals surface area contributed by atoms with Crippen molar-refractivity contribution in [2.45, 2.75) is 26.2 Å². The van der Waals surface area contributed by atoms with Gasteiger partial charge < -0.3 is 9.40 Å². The molecule has 0 radical (unpaired) electrons. The molecule has 0 atom stereocenters. The van der Waals surface area contributed by atoms with E-state index in [4.69, 9.17) is 9.40 Å². The van der Waals surface area contributed by atoms with Gasteiger partial charge in [0, 0.05) is 16.3 Å². The van der Waals surface area contributed by atoms with Gasteiger partial charge in [-0.05, 0) is 51.9 Å². The van der Waals surface area contributed by atoms with E-state index in [9.17, 15) is 0 Å². The van der Waals surface area contributed by atoms with Crippen LogP contribution in [0.4, 0.5) is 4.39 Å². The molecule has 3 nitrogen and oxygen atoms in total. The number of halogens is 1. The minimum absolute atomic E-state index is 0.0237. The van der Waals surface area contributed by atoms with E-state index in [0.717, 1.165) is 55.3 Å². The average Bonchev–Trinajstić information content (AvgIpc) is 3.54. The zero-order valence-electron chi connectivity index (χ0n) is 22.0. The molecular formula is C35H27FN2O. The number of benzene rings is 5. The van der Waals surface area contributed by atoms with Crippen molar-refractivity contribution < 1.29 is 8.81 Å². The van der Waals surface area contributed by atoms with Crippen LogP contribution in [0.3, 0.4) is 0 Å². The number of aromatic amines is 1. The Bertz CT molecular complexity index is 2010. The number of nitrogens with one attached hydrogen (secondary N) is 1. The maximum Gasteiger partial charge on any atom is 0.146 e. The van der Waals surface area contributed by atoms with Crippen molar-refractivity contribution in [3.8, 4) is 33.6 Å². The van der Waals surface area contributed by atoms with Gasteiger partial charge >= 0.3 is 0 Å². The van der Waals surface area contributed by atoms with Gasteiger partial charge in [-0.15, -0.1) is 0 Å². The third-order valence-electron chi connectivity index (χ3n) is 7.47. The van der Waals surface area contributed by atoms with Crippen molar-refractivity contribution >= 4 is 33.0 Å². The fraction of sp³-hybridized carbons (Fsp3) is 0.114. The third kappa shape index (κ3) is 3.91. The zero-order chi connectivity index (χ0) is 26.7. The highest BCUT2D eigenvalue weighted by Crippen LogP contribution is 2.41. The van der Waals surface area contributed by atoms with E-state index >= 15 is 4.39 Å². The van der Waals surface area contributed by atoms with E-state index in [1.807, 2.05) is 48.5 Å². The third-order valence-corrected chi connectivity index (χ3v) is 7.47. The van der Waals surface area contributed by atoms with Gasteiger partial charge in [-0.3, -0.25) is 0 Å². The van der Waals surface area contributed by atoms with Crippen molar-refractivity contribution in [2.75, 3.05) is 0 Å². The number of para-hydroxylation sites is 2. The number of furan rings is 1. The Morgan fingerprint density at radius 2 is 1.46 bits per heavy atom. The number of hydrogen-bond donors (Lipinski definition) is 1. The molecule has 0 spiro atoms. The maximum atomic E-state index is 15.1. The Morgan fingerprint density at radius 1 is 0.692 bits per heavy atom. The van der Waals surface area contributed by atoms with Crippen molar-refractivity contribution in [2.24, 2.45) is 0 Å². The summed E-state index contributed by atoms with van der Waals surface area (Å²) in [6.45, 7) is 6.61. The second kappa shape index (κ2) is 8.67. The average molecular weight is 511 g/mol. The molecule has 0 amide bonds. The molecule has 5 aromatic carbocycles. The van der Waals surface area contributed by atoms with Crippen molar-refractivity contribution in [1.82, 2.24) is 9.97 Å². The number of H-pyrrole nitrogens is 1. The van der Waals surface area contributed by atoms with E-state index in [1.165, 1.54) is 11.6 Å². The summed E-state index contributed by atoms with van der Waals surface area (Å²) in [6.07, 6.45) is 0. The minimum Gasteiger partial charge on any atom is -0.455 e. The molecular weight excluding hydrogens is 483 g/mol. The summed E-state index contributed by atoms with van der Waals surface area (Å²) >= 11 is 0. The summed E-state index contributed by atoms with van der Waals surface area (Å²) in [7, 11) is 0. The van der Waals surface area contributed by atoms with Crippen LogP contribution in [0.15, 0.2) is 108 Å². The SMILES string of the molecule is CC(C)(C)c1ccc(-c2cc(F)cc3[nH]c(-c4cccc5c4oc4ccccc45)nc23)c(-c2ccccc2)c1. The van der Waals surface area contributed by atoms with Crippen molar-refractivity contribution in [1.29, 1.82) is 0 Å². The summed E-state index contributed by atoms with van der Waals surface area (Å²) in [5.74, 6) is 0.336. The molecule has 2 heterocycles. The molecule has 0 fully saturated rings. The van der Waals surface area contributed by atoms with Crippen LogP contribution in [-0.2, 0) is 5.41 Å². The van der Waals surface area contributed by atoms with Crippen LogP contribution in [0.1, 0.15) is 26.3 Å². The van der Waals surface area contributed by atoms with E-state index in [1.54, 1.807) is 6.07 Å². The van der Waals surface area contributed by atoms with E-state index in [0.29, 0.717) is 11.3 Å². The first-order valence-corrected chi connectivity index (χ1v) is 13.2. The molecule has 0 saturated heterocycles. The molecule has 1 N–H and O–H groups in total. The number of imidazole rings is 1. The van der Waals surface area contributed by atoms with Gasteiger partial charge in [-0.25, -0.2) is 9.37 Å². The Kier molecular flexibility index (Phi) is 5.21. The number of fused-ring (bicyclic) bond motifs is 4. The Balaban J connectivity index is 1.47. The smallest absolute Gasteiger partial charge is 0.146 e. The van der Waals surface area contributed by atoms with Gasteiger partial charge in [0.15, 0.2) is 0 Å². The lowest BCUT2D eigenvalue weighted by Crippen LogP contribution is -2.11. The number of rotatable bonds is 3. The van der Waals surface area contributed by atoms with E-state index in [2.05, 4.69) is 68.2 Å². The number of aromatic nitrogens is 2. The molecule has 7 rings (SSSR count). The normalized spacial score (nSPS) is 12.1. The van der Waals surface area contributed by atoms with Gasteiger partial charge in [0.1, 0.15) is 22.8 Å². The molecule has 0 aliphatic rings. The Morgan fingerprint density at radius 3 is 2.28 bits per heavy atom. The first-order valence-electron chi connectivity index (χ1n) is 13.2. The summed E-state index contributed by atoms with van der Waals surface area (Å²) in [5.41, 5.74) is 8.83. The van der Waals surface area contributed by atoms with Crippen LogP contribution in [0, 0.1) is 5.82 Å². The maximum absolute atomic E-state index is 15.1. The Hall–Kier alpha value is -4.70. The predicted octanol–water partition coefficient (Wildman–Crippen LogP) is 9.90. The number of nitrogens with zero attached hydrogens (tertiary/aromatic N) is 1. The highest BCUT2D eigenvalue weighted by molar-refractivity contribution is 6.09. The van der Waals surface area contributed by atoms with Crippen LogP contribution >= 0.6 is 0 Å². The van der Waals surface area contributed by atoms with Crippen LogP contribution in [0.5, 0.6) is 0 Å². The largest absolute Gasteiger partial charge is 0.455 e. The lowest BCUT2D eigenvalue weighted by atomic mass is 9.83. The van der Waals surface area contributed by atoms with E-state index < -0.39 is 0 Å². The van der Waals surface area contributed by atoms with Crippen LogP contribution < -0.4 is 0 Å². The fourth-order valence-corrected chi connectivity index (χ4v) is 5.45. The van der Waals surface area contributed by atoms with Gasteiger partial charge in [0.2, 0.25) is 0 Å². The first kappa shape index (κ1) is 23.4. The molecule has 0 aliphatic heterocycles. The van der Waals surface area contributed by atoms with Crippen LogP contribution in [0.25, 0.3) is 66.6 Å².